The lowest BCUT2D eigenvalue weighted by molar-refractivity contribution is -0.139. The quantitative estimate of drug-likeness (QED) is 0.0310. The van der Waals surface area contributed by atoms with Gasteiger partial charge >= 0.3 is 36.4 Å². The van der Waals surface area contributed by atoms with E-state index in [0.717, 1.165) is 161 Å². The summed E-state index contributed by atoms with van der Waals surface area (Å²) in [6.45, 7) is 20.3. The maximum absolute atomic E-state index is 14.3. The number of benzene rings is 8. The Hall–Kier alpha value is -14.2. The van der Waals surface area contributed by atoms with Crippen LogP contribution in [-0.4, -0.2) is 221 Å². The molecule has 4 fully saturated rings. The molecule has 7 N–H and O–H groups in total. The number of aliphatic imine (C=N–C) groups is 2. The number of fused-ring (bicyclic) bond motifs is 12. The molecular weight excluding hydrogens is 1760 g/mol. The molecule has 0 spiro atoms. The Balaban J connectivity index is 0.000000174. The van der Waals surface area contributed by atoms with Crippen molar-refractivity contribution in [2.75, 3.05) is 69.0 Å². The van der Waals surface area contributed by atoms with Crippen molar-refractivity contribution < 1.29 is 90.9 Å². The number of carbonyl (C=O) groups excluding carboxylic acids is 8. The van der Waals surface area contributed by atoms with Crippen LogP contribution in [0.3, 0.4) is 0 Å². The number of amides is 8. The first-order valence-corrected chi connectivity index (χ1v) is 46.9. The average Bonchev–Trinajstić information content (AvgIpc) is 1.53. The van der Waals surface area contributed by atoms with Crippen LogP contribution >= 0.6 is 0 Å². The van der Waals surface area contributed by atoms with E-state index in [-0.39, 0.29) is 83.7 Å². The highest BCUT2D eigenvalue weighted by atomic mass is 16.6. The molecule has 5 unspecified atom stereocenters. The van der Waals surface area contributed by atoms with Gasteiger partial charge in [0.05, 0.1) is 101 Å². The molecule has 138 heavy (non-hydrogen) atoms. The monoisotopic (exact) mass is 1880 g/mol. The minimum Gasteiger partial charge on any atom is -0.488 e. The normalized spacial score (nSPS) is 20.1. The van der Waals surface area contributed by atoms with Crippen molar-refractivity contribution in [3.8, 4) is 56.3 Å². The lowest BCUT2D eigenvalue weighted by Gasteiger charge is -2.33. The number of carboxylic acid groups (broad SMARTS) is 1. The topological polar surface area (TPSA) is 400 Å². The third-order valence-corrected chi connectivity index (χ3v) is 27.2. The van der Waals surface area contributed by atoms with E-state index in [4.69, 9.17) is 63.0 Å². The van der Waals surface area contributed by atoms with Crippen molar-refractivity contribution in [1.82, 2.24) is 60.8 Å². The zero-order chi connectivity index (χ0) is 97.8. The van der Waals surface area contributed by atoms with Gasteiger partial charge in [0.25, 0.3) is 5.91 Å². The van der Waals surface area contributed by atoms with Crippen molar-refractivity contribution in [1.29, 1.82) is 0 Å². The van der Waals surface area contributed by atoms with Crippen LogP contribution in [0.5, 0.6) is 11.5 Å². The van der Waals surface area contributed by atoms with Crippen LogP contribution in [0.2, 0.25) is 0 Å². The van der Waals surface area contributed by atoms with Crippen LogP contribution in [0.15, 0.2) is 168 Å². The molecule has 10 heterocycles. The Kier molecular flexibility index (Phi) is 29.1. The van der Waals surface area contributed by atoms with Gasteiger partial charge in [-0.05, 0) is 211 Å². The highest BCUT2D eigenvalue weighted by molar-refractivity contribution is 6.09. The maximum Gasteiger partial charge on any atom is 0.410 e. The molecule has 2 aromatic heterocycles. The zero-order valence-corrected chi connectivity index (χ0v) is 80.4. The number of nitrogens with zero attached hydrogens (tertiary/aromatic N) is 8. The van der Waals surface area contributed by atoms with Gasteiger partial charge in [-0.3, -0.25) is 29.3 Å². The van der Waals surface area contributed by atoms with E-state index in [1.807, 2.05) is 94.8 Å². The molecule has 4 saturated heterocycles. The minimum absolute atomic E-state index is 0.00584. The summed E-state index contributed by atoms with van der Waals surface area (Å²) in [5, 5.41) is 23.7. The van der Waals surface area contributed by atoms with Crippen LogP contribution < -0.4 is 30.7 Å². The van der Waals surface area contributed by atoms with Gasteiger partial charge in [-0.1, -0.05) is 125 Å². The number of methoxy groups -OCH3 is 6. The summed E-state index contributed by atoms with van der Waals surface area (Å²) < 4.78 is 48.6. The molecule has 724 valence electrons. The number of carbonyl (C=O) groups is 9. The first-order valence-electron chi connectivity index (χ1n) is 46.9. The fourth-order valence-electron chi connectivity index (χ4n) is 20.4. The standard InChI is InChI=1S/C50H55N7O8.C45H54N6O7.C10H11NO4/c1-27(2)44(54-49(60)63-5)48(59)57-28(3)12-17-41(57)39-21-36-35-22-43-37(20-31(35)14-16-38(36)52-39)34-15-13-32(19-33(34)26-65-43)40-23-51-46(53-40)42-18-29(25-62-4)24-56(42)47(58)45(55-50(61)64-6)30-10-8-7-9-11-30;1-24(2)40(49-43(53)56-8)42(52)51-25(3)9-14-37(51)35-18-32-31-19-39-33(17-27(31)11-13-34(32)47-35)30-12-10-28(16-29(30)23-57-39)36-20-46-41(48-36)38-15-26(22-55-7)21-50(38)44(54)58-45(4,5)6;1-15-10(14)11-8(9(12)13)7-5-3-2-4-6-7/h7-11,13-16,19-20,22-23,27-29,41-42,44-45H,12,17-18,21,24-26H2,1-6H3,(H,51,53)(H,54,60)(H,55,61);10-13,16-17,19-20,24-26,37-38,40H,9,14-15,18,21-23H2,1-8H3,(H,46,48)(H,49,53);2-6,8H,1H3,(H,11,14)(H,12,13)/t28-,29-,41-,42?,44?,45+;25-,26-,37-,38?,40?;/m00./s1. The molecule has 10 aromatic rings. The molecule has 0 radical (unpaired) electrons. The van der Waals surface area contributed by atoms with Crippen LogP contribution in [0.25, 0.3) is 66.3 Å². The second-order valence-electron chi connectivity index (χ2n) is 38.2. The van der Waals surface area contributed by atoms with Crippen molar-refractivity contribution >= 4 is 98.5 Å². The highest BCUT2D eigenvalue weighted by Gasteiger charge is 2.48. The fraction of sp³-hybridized carbons (Fsp3) is 0.419. The van der Waals surface area contributed by atoms with Crippen LogP contribution in [0, 0.1) is 23.7 Å². The first-order chi connectivity index (χ1) is 66.3. The van der Waals surface area contributed by atoms with Crippen molar-refractivity contribution in [2.45, 2.75) is 193 Å². The smallest absolute Gasteiger partial charge is 0.410 e. The highest BCUT2D eigenvalue weighted by Crippen LogP contribution is 2.49. The molecule has 12 atom stereocenters. The van der Waals surface area contributed by atoms with Crippen molar-refractivity contribution in [3.05, 3.63) is 203 Å². The second-order valence-corrected chi connectivity index (χ2v) is 38.2. The van der Waals surface area contributed by atoms with E-state index >= 15 is 0 Å². The molecule has 8 aliphatic heterocycles. The van der Waals surface area contributed by atoms with E-state index in [0.29, 0.717) is 75.7 Å². The summed E-state index contributed by atoms with van der Waals surface area (Å²) in [5.41, 5.74) is 16.5. The molecule has 8 aromatic carbocycles. The Morgan fingerprint density at radius 1 is 0.478 bits per heavy atom. The number of hydrogen-bond donors (Lipinski definition) is 7. The maximum atomic E-state index is 14.3. The summed E-state index contributed by atoms with van der Waals surface area (Å²) in [7, 11) is 8.40. The Labute approximate surface area is 800 Å². The summed E-state index contributed by atoms with van der Waals surface area (Å²) in [6, 6.07) is 43.0. The molecule has 8 amide bonds. The molecule has 0 bridgehead atoms. The number of nitrogens with one attached hydrogen (secondary N) is 6. The summed E-state index contributed by atoms with van der Waals surface area (Å²) in [4.78, 5) is 148. The van der Waals surface area contributed by atoms with Crippen molar-refractivity contribution in [3.63, 3.8) is 0 Å². The minimum atomic E-state index is -1.13. The SMILES string of the molecule is COC(=O)NC(C(=O)O)c1ccccc1.COC[C@H]1CC(c2ncc(-c3ccc4c(c3)COc3cc5c6c(ccc5cc3-4)N=C([C@@H]3CC[C@H](C)N3C(=O)C(NC(=O)OC)C(C)C)C6)[nH]2)N(C(=O)OC(C)(C)C)C1.COC[C@H]1CC(c2ncc(-c3ccc4c(c3)COc3cc5c6c(ccc5cc3-4)N=C([C@@H]3CC[C@H](C)N3C(=O)C(NC(=O)OC)C(C)C)C6)[nH]2)N(C(=O)[C@H](NC(=O)OC)c2ccccc2)C1. The number of aliphatic carboxylic acids is 1. The second kappa shape index (κ2) is 41.4. The van der Waals surface area contributed by atoms with Gasteiger partial charge in [0, 0.05) is 86.6 Å². The van der Waals surface area contributed by atoms with Gasteiger partial charge < -0.3 is 93.7 Å². The molecule has 0 aliphatic carbocycles. The summed E-state index contributed by atoms with van der Waals surface area (Å²) in [5.74, 6) is 1.41. The first kappa shape index (κ1) is 96.9. The molecule has 33 nitrogen and oxygen atoms in total. The van der Waals surface area contributed by atoms with Gasteiger partial charge in [-0.2, -0.15) is 0 Å². The Morgan fingerprint density at radius 2 is 0.891 bits per heavy atom. The van der Waals surface area contributed by atoms with Crippen LogP contribution in [-0.2, 0) is 78.4 Å². The summed E-state index contributed by atoms with van der Waals surface area (Å²) in [6.07, 6.45) is 6.54. The van der Waals surface area contributed by atoms with Gasteiger partial charge in [0.15, 0.2) is 6.04 Å². The Bertz CT molecular complexity index is 6350. The largest absolute Gasteiger partial charge is 0.488 e. The molecule has 8 aliphatic rings. The number of aromatic nitrogens is 4. The Morgan fingerprint density at radius 3 is 1.30 bits per heavy atom. The van der Waals surface area contributed by atoms with Gasteiger partial charge in [0.1, 0.15) is 60.1 Å². The average molecular weight is 1880 g/mol. The molecule has 18 rings (SSSR count). The van der Waals surface area contributed by atoms with Crippen LogP contribution in [0.4, 0.5) is 35.3 Å². The predicted octanol–water partition coefficient (Wildman–Crippen LogP) is 17.1. The summed E-state index contributed by atoms with van der Waals surface area (Å²) >= 11 is 0. The molecular formula is C105H120N14O19. The number of H-pyrrole nitrogens is 2. The van der Waals surface area contributed by atoms with Gasteiger partial charge in [-0.25, -0.2) is 38.7 Å². The number of carboxylic acids is 1. The number of aromatic amines is 2. The molecule has 0 saturated carbocycles. The van der Waals surface area contributed by atoms with E-state index in [9.17, 15) is 43.2 Å². The lowest BCUT2D eigenvalue weighted by atomic mass is 9.90. The number of imidazole rings is 2. The molecule has 33 heteroatoms. The zero-order valence-electron chi connectivity index (χ0n) is 80.4. The van der Waals surface area contributed by atoms with Crippen LogP contribution in [0.1, 0.15) is 170 Å². The lowest BCUT2D eigenvalue weighted by Crippen LogP contribution is -2.55. The number of hydrogen-bond acceptors (Lipinski definition) is 22. The third kappa shape index (κ3) is 20.4. The van der Waals surface area contributed by atoms with E-state index in [2.05, 4.69) is 135 Å². The van der Waals surface area contributed by atoms with Gasteiger partial charge in [-0.15, -0.1) is 0 Å². The number of rotatable bonds is 22. The predicted molar refractivity (Wildman–Crippen MR) is 518 cm³/mol. The number of likely N-dealkylation sites (tertiary alicyclic amines) is 4. The van der Waals surface area contributed by atoms with E-state index in [1.54, 1.807) is 60.5 Å². The number of alkyl carbamates (subject to hydrolysis) is 4. The third-order valence-electron chi connectivity index (χ3n) is 27.2. The van der Waals surface area contributed by atoms with E-state index < -0.39 is 60.1 Å². The van der Waals surface area contributed by atoms with Gasteiger partial charge in [0.2, 0.25) is 11.8 Å². The fourth-order valence-corrected chi connectivity index (χ4v) is 20.4. The van der Waals surface area contributed by atoms with E-state index in [1.165, 1.54) is 28.4 Å². The van der Waals surface area contributed by atoms with Crippen molar-refractivity contribution in [2.24, 2.45) is 33.7 Å². The number of ether oxygens (including phenoxy) is 9.